The zero-order valence-electron chi connectivity index (χ0n) is 18.9. The lowest BCUT2D eigenvalue weighted by atomic mass is 10.0. The highest BCUT2D eigenvalue weighted by atomic mass is 19.1. The molecule has 0 radical (unpaired) electrons. The predicted molar refractivity (Wildman–Crippen MR) is 129 cm³/mol. The molecule has 5 rings (SSSR count). The van der Waals surface area contributed by atoms with Crippen molar-refractivity contribution in [1.82, 2.24) is 19.9 Å². The van der Waals surface area contributed by atoms with Crippen LogP contribution >= 0.6 is 0 Å². The zero-order chi connectivity index (χ0) is 23.5. The molecule has 4 aromatic rings. The zero-order valence-corrected chi connectivity index (χ0v) is 18.9. The van der Waals surface area contributed by atoms with Crippen molar-refractivity contribution in [3.05, 3.63) is 66.5 Å². The van der Waals surface area contributed by atoms with Crippen LogP contribution in [0, 0.1) is 11.6 Å². The van der Waals surface area contributed by atoms with Gasteiger partial charge in [-0.25, -0.2) is 18.7 Å². The highest BCUT2D eigenvalue weighted by Gasteiger charge is 2.18. The second-order valence-corrected chi connectivity index (χ2v) is 8.28. The van der Waals surface area contributed by atoms with Gasteiger partial charge in [-0.1, -0.05) is 0 Å². The Morgan fingerprint density at radius 2 is 1.88 bits per heavy atom. The Bertz CT molecular complexity index is 1310. The Morgan fingerprint density at radius 1 is 1.03 bits per heavy atom. The molecule has 3 heterocycles. The summed E-state index contributed by atoms with van der Waals surface area (Å²) in [6.45, 7) is 3.39. The van der Waals surface area contributed by atoms with Crippen LogP contribution in [0.5, 0.6) is 5.75 Å². The summed E-state index contributed by atoms with van der Waals surface area (Å²) >= 11 is 0. The Morgan fingerprint density at radius 3 is 2.65 bits per heavy atom. The molecule has 1 saturated heterocycles. The summed E-state index contributed by atoms with van der Waals surface area (Å²) in [5, 5.41) is 3.77. The van der Waals surface area contributed by atoms with Gasteiger partial charge in [-0.05, 0) is 74.0 Å². The number of nitrogens with one attached hydrogen (secondary N) is 1. The Labute approximate surface area is 196 Å². The minimum atomic E-state index is -0.511. The first-order valence-electron chi connectivity index (χ1n) is 11.4. The molecule has 0 bridgehead atoms. The quantitative estimate of drug-likeness (QED) is 0.411. The number of aromatic nitrogens is 3. The number of hydrogen-bond donors (Lipinski definition) is 1. The standard InChI is InChI=1S/C26H25F2N5O/c1-29-26-21-13-18(20-15-19(27)6-7-22(20)28)14-23(34-12-11-33-9-2-3-10-33)24(21)31-25(32-26)17-5-4-8-30-16-17/h4-8,13-16H,2-3,9-12H2,1H3,(H,29,31,32). The van der Waals surface area contributed by atoms with E-state index in [2.05, 4.69) is 20.2 Å². The van der Waals surface area contributed by atoms with Gasteiger partial charge in [-0.3, -0.25) is 9.88 Å². The molecule has 1 N–H and O–H groups in total. The summed E-state index contributed by atoms with van der Waals surface area (Å²) in [6.07, 6.45) is 5.79. The molecule has 6 nitrogen and oxygen atoms in total. The first kappa shape index (κ1) is 22.2. The molecule has 0 atom stereocenters. The van der Waals surface area contributed by atoms with Crippen molar-refractivity contribution in [2.24, 2.45) is 0 Å². The summed E-state index contributed by atoms with van der Waals surface area (Å²) in [6, 6.07) is 10.6. The highest BCUT2D eigenvalue weighted by molar-refractivity contribution is 5.97. The smallest absolute Gasteiger partial charge is 0.163 e. The van der Waals surface area contributed by atoms with E-state index in [1.807, 2.05) is 12.1 Å². The van der Waals surface area contributed by atoms with E-state index in [0.29, 0.717) is 40.5 Å². The number of anilines is 1. The van der Waals surface area contributed by atoms with E-state index in [-0.39, 0.29) is 5.56 Å². The van der Waals surface area contributed by atoms with Gasteiger partial charge in [0.05, 0.1) is 0 Å². The Kier molecular flexibility index (Phi) is 6.31. The molecule has 0 saturated carbocycles. The molecular weight excluding hydrogens is 436 g/mol. The maximum absolute atomic E-state index is 14.6. The van der Waals surface area contributed by atoms with Gasteiger partial charge in [0.1, 0.15) is 35.3 Å². The molecule has 0 spiro atoms. The summed E-state index contributed by atoms with van der Waals surface area (Å²) in [7, 11) is 1.76. The molecule has 174 valence electrons. The fourth-order valence-corrected chi connectivity index (χ4v) is 4.29. The second kappa shape index (κ2) is 9.69. The van der Waals surface area contributed by atoms with Crippen molar-refractivity contribution in [2.45, 2.75) is 12.8 Å². The molecule has 0 aliphatic carbocycles. The van der Waals surface area contributed by atoms with Crippen LogP contribution in [0.4, 0.5) is 14.6 Å². The monoisotopic (exact) mass is 461 g/mol. The van der Waals surface area contributed by atoms with E-state index < -0.39 is 11.6 Å². The van der Waals surface area contributed by atoms with Crippen molar-refractivity contribution in [3.63, 3.8) is 0 Å². The number of ether oxygens (including phenoxy) is 1. The number of fused-ring (bicyclic) bond motifs is 1. The van der Waals surface area contributed by atoms with Gasteiger partial charge in [0.2, 0.25) is 0 Å². The first-order valence-corrected chi connectivity index (χ1v) is 11.4. The molecule has 0 unspecified atom stereocenters. The van der Waals surface area contributed by atoms with E-state index in [0.717, 1.165) is 37.3 Å². The fraction of sp³-hybridized carbons (Fsp3) is 0.269. The number of benzene rings is 2. The van der Waals surface area contributed by atoms with Crippen LogP contribution in [-0.4, -0.2) is 53.1 Å². The average Bonchev–Trinajstić information content (AvgIpc) is 3.39. The van der Waals surface area contributed by atoms with E-state index in [4.69, 9.17) is 9.72 Å². The van der Waals surface area contributed by atoms with Crippen molar-refractivity contribution < 1.29 is 13.5 Å². The minimum absolute atomic E-state index is 0.157. The summed E-state index contributed by atoms with van der Waals surface area (Å²) in [5.74, 6) is 0.540. The van der Waals surface area contributed by atoms with Crippen LogP contribution in [0.1, 0.15) is 12.8 Å². The Balaban J connectivity index is 1.63. The molecule has 2 aromatic heterocycles. The van der Waals surface area contributed by atoms with Crippen molar-refractivity contribution in [3.8, 4) is 28.3 Å². The predicted octanol–water partition coefficient (Wildman–Crippen LogP) is 5.15. The lowest BCUT2D eigenvalue weighted by molar-refractivity contribution is 0.239. The van der Waals surface area contributed by atoms with Gasteiger partial charge < -0.3 is 10.1 Å². The number of nitrogens with zero attached hydrogens (tertiary/aromatic N) is 4. The summed E-state index contributed by atoms with van der Waals surface area (Å²) in [4.78, 5) is 16.0. The van der Waals surface area contributed by atoms with Crippen LogP contribution < -0.4 is 10.1 Å². The molecule has 1 fully saturated rings. The Hall–Kier alpha value is -3.65. The maximum Gasteiger partial charge on any atom is 0.163 e. The highest BCUT2D eigenvalue weighted by Crippen LogP contribution is 2.37. The lowest BCUT2D eigenvalue weighted by Gasteiger charge is -2.18. The van der Waals surface area contributed by atoms with E-state index in [1.165, 1.54) is 18.9 Å². The largest absolute Gasteiger partial charge is 0.490 e. The number of pyridine rings is 1. The van der Waals surface area contributed by atoms with Crippen molar-refractivity contribution >= 4 is 16.7 Å². The summed E-state index contributed by atoms with van der Waals surface area (Å²) < 4.78 is 34.8. The topological polar surface area (TPSA) is 63.2 Å². The third-order valence-electron chi connectivity index (χ3n) is 6.03. The minimum Gasteiger partial charge on any atom is -0.490 e. The second-order valence-electron chi connectivity index (χ2n) is 8.28. The fourth-order valence-electron chi connectivity index (χ4n) is 4.29. The number of halogens is 2. The van der Waals surface area contributed by atoms with Crippen molar-refractivity contribution in [2.75, 3.05) is 38.6 Å². The van der Waals surface area contributed by atoms with Gasteiger partial charge in [0, 0.05) is 42.5 Å². The molecule has 0 amide bonds. The van der Waals surface area contributed by atoms with Crippen LogP contribution in [0.15, 0.2) is 54.9 Å². The lowest BCUT2D eigenvalue weighted by Crippen LogP contribution is -2.25. The molecule has 8 heteroatoms. The van der Waals surface area contributed by atoms with Crippen LogP contribution in [0.25, 0.3) is 33.4 Å². The van der Waals surface area contributed by atoms with Crippen LogP contribution in [0.2, 0.25) is 0 Å². The molecule has 2 aromatic carbocycles. The molecular formula is C26H25F2N5O. The van der Waals surface area contributed by atoms with Crippen LogP contribution in [0.3, 0.4) is 0 Å². The normalized spacial score (nSPS) is 14.0. The van der Waals surface area contributed by atoms with Gasteiger partial charge in [-0.2, -0.15) is 0 Å². The van der Waals surface area contributed by atoms with E-state index in [9.17, 15) is 8.78 Å². The number of rotatable bonds is 7. The average molecular weight is 462 g/mol. The van der Waals surface area contributed by atoms with E-state index in [1.54, 1.807) is 31.6 Å². The van der Waals surface area contributed by atoms with Crippen molar-refractivity contribution in [1.29, 1.82) is 0 Å². The van der Waals surface area contributed by atoms with E-state index >= 15 is 0 Å². The molecule has 1 aliphatic rings. The van der Waals surface area contributed by atoms with Gasteiger partial charge in [-0.15, -0.1) is 0 Å². The number of likely N-dealkylation sites (tertiary alicyclic amines) is 1. The maximum atomic E-state index is 14.6. The first-order chi connectivity index (χ1) is 16.6. The SMILES string of the molecule is CNc1nc(-c2cccnc2)nc2c(OCCN3CCCC3)cc(-c3cc(F)ccc3F)cc12. The van der Waals surface area contributed by atoms with Gasteiger partial charge >= 0.3 is 0 Å². The van der Waals surface area contributed by atoms with Gasteiger partial charge in [0.15, 0.2) is 5.82 Å². The summed E-state index contributed by atoms with van der Waals surface area (Å²) in [5.41, 5.74) is 2.02. The van der Waals surface area contributed by atoms with Gasteiger partial charge in [0.25, 0.3) is 0 Å². The third kappa shape index (κ3) is 4.54. The molecule has 34 heavy (non-hydrogen) atoms. The number of hydrogen-bond acceptors (Lipinski definition) is 6. The molecule has 1 aliphatic heterocycles. The third-order valence-corrected chi connectivity index (χ3v) is 6.03. The van der Waals surface area contributed by atoms with Crippen LogP contribution in [-0.2, 0) is 0 Å².